The predicted molar refractivity (Wildman–Crippen MR) is 236 cm³/mol. The molecule has 0 saturated carbocycles. The van der Waals surface area contributed by atoms with Crippen molar-refractivity contribution in [3.05, 3.63) is 82.0 Å². The molecule has 2 aliphatic heterocycles. The molecule has 2 fully saturated rings. The normalized spacial score (nSPS) is 15.8. The molecule has 0 spiro atoms. The molecule has 5 aromatic rings. The minimum absolute atomic E-state index is 0.235. The molecule has 322 valence electrons. The molecule has 13 heteroatoms. The van der Waals surface area contributed by atoms with Crippen LogP contribution in [0.4, 0.5) is 9.18 Å². The first-order valence-electron chi connectivity index (χ1n) is 21.2. The molecule has 60 heavy (non-hydrogen) atoms. The molecule has 0 bridgehead atoms. The van der Waals surface area contributed by atoms with Gasteiger partial charge < -0.3 is 28.6 Å². The lowest BCUT2D eigenvalue weighted by molar-refractivity contribution is -0.00927. The van der Waals surface area contributed by atoms with Gasteiger partial charge in [-0.15, -0.1) is 0 Å². The number of piperazine rings is 1. The van der Waals surface area contributed by atoms with Gasteiger partial charge in [-0.2, -0.15) is 5.10 Å². The second-order valence-corrected chi connectivity index (χ2v) is 18.8. The summed E-state index contributed by atoms with van der Waals surface area (Å²) in [5, 5.41) is 7.92. The van der Waals surface area contributed by atoms with Gasteiger partial charge in [0.25, 0.3) is 0 Å². The van der Waals surface area contributed by atoms with Crippen molar-refractivity contribution >= 4 is 45.3 Å². The standard InChI is InChI=1S/C47H60ClFN6O5/c1-30-40(31(2)51(9)50-30)41-38(48)18-17-37-36(13-11-25-58-39-14-10-12-33-26-34(49)15-16-35(33)39)43(44(56)59-46(3,4)5)55(42(37)41)24-23-52-19-21-53(22-20-52)27-32-28-54(29-32)45(57)60-47(6,7)8/h10,12,14-18,26,32H,11,13,19-25,27-29H2,1-9H3. The number of nitrogens with zero attached hydrogens (tertiary/aromatic N) is 6. The molecule has 2 saturated heterocycles. The zero-order valence-electron chi connectivity index (χ0n) is 36.7. The average Bonchev–Trinajstić information content (AvgIpc) is 3.59. The van der Waals surface area contributed by atoms with E-state index >= 15 is 0 Å². The first kappa shape index (κ1) is 43.4. The van der Waals surface area contributed by atoms with E-state index in [2.05, 4.69) is 14.4 Å². The summed E-state index contributed by atoms with van der Waals surface area (Å²) < 4.78 is 36.1. The van der Waals surface area contributed by atoms with Crippen LogP contribution in [0, 0.1) is 25.6 Å². The Morgan fingerprint density at radius 3 is 2.22 bits per heavy atom. The van der Waals surface area contributed by atoms with E-state index in [-0.39, 0.29) is 17.9 Å². The fourth-order valence-electron chi connectivity index (χ4n) is 8.65. The maximum Gasteiger partial charge on any atom is 0.410 e. The smallest absolute Gasteiger partial charge is 0.410 e. The van der Waals surface area contributed by atoms with Crippen LogP contribution >= 0.6 is 11.6 Å². The number of amides is 1. The van der Waals surface area contributed by atoms with Crippen LogP contribution < -0.4 is 4.74 Å². The molecule has 0 unspecified atom stereocenters. The number of ether oxygens (including phenoxy) is 3. The van der Waals surface area contributed by atoms with Gasteiger partial charge in [0, 0.05) is 99.5 Å². The number of carbonyl (C=O) groups is 2. The van der Waals surface area contributed by atoms with Gasteiger partial charge in [-0.1, -0.05) is 29.8 Å². The summed E-state index contributed by atoms with van der Waals surface area (Å²) in [6, 6.07) is 14.3. The Bertz CT molecular complexity index is 2380. The Hall–Kier alpha value is -4.65. The molecule has 1 amide bonds. The SMILES string of the molecule is Cc1nn(C)c(C)c1-c1c(Cl)ccc2c(CCCOc3cccc4cc(F)ccc34)c(C(=O)OC(C)(C)C)n(CCN3CCN(CC4CN(C(=O)OC(C)(C)C)C4)CC3)c12. The molecule has 7 rings (SSSR count). The number of esters is 1. The van der Waals surface area contributed by atoms with Crippen molar-refractivity contribution in [3.63, 3.8) is 0 Å². The van der Waals surface area contributed by atoms with E-state index < -0.39 is 11.2 Å². The number of hydrogen-bond acceptors (Lipinski definition) is 8. The molecule has 2 aromatic heterocycles. The predicted octanol–water partition coefficient (Wildman–Crippen LogP) is 9.06. The molecule has 2 aliphatic rings. The van der Waals surface area contributed by atoms with E-state index in [0.717, 1.165) is 102 Å². The Kier molecular flexibility index (Phi) is 12.6. The molecular weight excluding hydrogens is 783 g/mol. The topological polar surface area (TPSA) is 94.3 Å². The molecular formula is C47H60ClFN6O5. The summed E-state index contributed by atoms with van der Waals surface area (Å²) in [4.78, 5) is 33.8. The highest BCUT2D eigenvalue weighted by Gasteiger charge is 2.36. The molecule has 11 nitrogen and oxygen atoms in total. The second-order valence-electron chi connectivity index (χ2n) is 18.4. The van der Waals surface area contributed by atoms with Gasteiger partial charge in [0.2, 0.25) is 0 Å². The number of rotatable bonds is 12. The van der Waals surface area contributed by atoms with Gasteiger partial charge >= 0.3 is 12.1 Å². The number of fused-ring (bicyclic) bond motifs is 2. The number of likely N-dealkylation sites (tertiary alicyclic amines) is 1. The summed E-state index contributed by atoms with van der Waals surface area (Å²) in [6.45, 7) is 23.1. The Balaban J connectivity index is 1.15. The Morgan fingerprint density at radius 1 is 0.867 bits per heavy atom. The van der Waals surface area contributed by atoms with Crippen molar-refractivity contribution < 1.29 is 28.2 Å². The van der Waals surface area contributed by atoms with Gasteiger partial charge in [0.05, 0.1) is 22.8 Å². The van der Waals surface area contributed by atoms with Crippen LogP contribution in [0.3, 0.4) is 0 Å². The summed E-state index contributed by atoms with van der Waals surface area (Å²) in [7, 11) is 1.94. The number of benzene rings is 3. The lowest BCUT2D eigenvalue weighted by Gasteiger charge is -2.43. The van der Waals surface area contributed by atoms with Crippen molar-refractivity contribution in [3.8, 4) is 16.9 Å². The van der Waals surface area contributed by atoms with Crippen molar-refractivity contribution in [2.45, 2.75) is 86.0 Å². The maximum atomic E-state index is 14.5. The van der Waals surface area contributed by atoms with Crippen molar-refractivity contribution in [2.75, 3.05) is 59.0 Å². The number of aryl methyl sites for hydroxylation is 3. The Labute approximate surface area is 358 Å². The summed E-state index contributed by atoms with van der Waals surface area (Å²) >= 11 is 7.19. The van der Waals surface area contributed by atoms with Crippen LogP contribution in [-0.4, -0.2) is 111 Å². The van der Waals surface area contributed by atoms with E-state index in [1.165, 1.54) is 12.1 Å². The lowest BCUT2D eigenvalue weighted by atomic mass is 9.98. The lowest BCUT2D eigenvalue weighted by Crippen LogP contribution is -2.57. The second kappa shape index (κ2) is 17.4. The first-order chi connectivity index (χ1) is 28.4. The van der Waals surface area contributed by atoms with Crippen LogP contribution in [0.2, 0.25) is 5.02 Å². The van der Waals surface area contributed by atoms with Gasteiger partial charge in [-0.3, -0.25) is 9.58 Å². The summed E-state index contributed by atoms with van der Waals surface area (Å²) in [6.07, 6.45) is 0.934. The third-order valence-electron chi connectivity index (χ3n) is 11.5. The van der Waals surface area contributed by atoms with E-state index in [9.17, 15) is 14.0 Å². The monoisotopic (exact) mass is 842 g/mol. The third kappa shape index (κ3) is 9.61. The highest BCUT2D eigenvalue weighted by atomic mass is 35.5. The van der Waals surface area contributed by atoms with Crippen molar-refractivity contribution in [1.29, 1.82) is 0 Å². The number of hydrogen-bond donors (Lipinski definition) is 0. The molecule has 0 N–H and O–H groups in total. The van der Waals surface area contributed by atoms with Gasteiger partial charge in [-0.05, 0) is 110 Å². The van der Waals surface area contributed by atoms with Crippen LogP contribution in [-0.2, 0) is 29.5 Å². The van der Waals surface area contributed by atoms with E-state index in [0.29, 0.717) is 48.4 Å². The van der Waals surface area contributed by atoms with E-state index in [4.69, 9.17) is 30.9 Å². The minimum atomic E-state index is -0.718. The van der Waals surface area contributed by atoms with Crippen molar-refractivity contribution in [2.24, 2.45) is 13.0 Å². The van der Waals surface area contributed by atoms with Crippen molar-refractivity contribution in [1.82, 2.24) is 29.0 Å². The third-order valence-corrected chi connectivity index (χ3v) is 11.8. The van der Waals surface area contributed by atoms with Crippen LogP contribution in [0.25, 0.3) is 32.8 Å². The van der Waals surface area contributed by atoms with E-state index in [1.54, 1.807) is 11.0 Å². The average molecular weight is 843 g/mol. The Morgan fingerprint density at radius 2 is 1.55 bits per heavy atom. The molecule has 0 radical (unpaired) electrons. The van der Waals surface area contributed by atoms with Gasteiger partial charge in [0.1, 0.15) is 28.5 Å². The van der Waals surface area contributed by atoms with Crippen LogP contribution in [0.15, 0.2) is 48.5 Å². The fourth-order valence-corrected chi connectivity index (χ4v) is 8.89. The highest BCUT2D eigenvalue weighted by molar-refractivity contribution is 6.35. The maximum absolute atomic E-state index is 14.5. The van der Waals surface area contributed by atoms with Gasteiger partial charge in [0.15, 0.2) is 0 Å². The van der Waals surface area contributed by atoms with Gasteiger partial charge in [-0.25, -0.2) is 14.0 Å². The summed E-state index contributed by atoms with van der Waals surface area (Å²) in [5.41, 5.74) is 4.76. The molecule has 0 aliphatic carbocycles. The first-order valence-corrected chi connectivity index (χ1v) is 21.6. The summed E-state index contributed by atoms with van der Waals surface area (Å²) in [5.74, 6) is 0.463. The molecule has 0 atom stereocenters. The number of halogens is 2. The highest BCUT2D eigenvalue weighted by Crippen LogP contribution is 2.42. The van der Waals surface area contributed by atoms with Crippen LogP contribution in [0.5, 0.6) is 5.75 Å². The van der Waals surface area contributed by atoms with Crippen LogP contribution in [0.1, 0.15) is 75.4 Å². The zero-order valence-corrected chi connectivity index (χ0v) is 37.4. The minimum Gasteiger partial charge on any atom is -0.493 e. The number of aromatic nitrogens is 3. The largest absolute Gasteiger partial charge is 0.493 e. The zero-order chi connectivity index (χ0) is 43.1. The molecule has 3 aromatic carbocycles. The number of carbonyl (C=O) groups excluding carboxylic acids is 2. The molecule has 4 heterocycles. The van der Waals surface area contributed by atoms with E-state index in [1.807, 2.05) is 97.5 Å². The fraction of sp³-hybridized carbons (Fsp3) is 0.511. The quantitative estimate of drug-likeness (QED) is 0.0908.